The van der Waals surface area contributed by atoms with E-state index in [4.69, 9.17) is 5.11 Å². The van der Waals surface area contributed by atoms with Gasteiger partial charge in [0.2, 0.25) is 0 Å². The van der Waals surface area contributed by atoms with E-state index < -0.39 is 5.97 Å². The molecule has 0 unspecified atom stereocenters. The Morgan fingerprint density at radius 3 is 2.55 bits per heavy atom. The zero-order valence-corrected chi connectivity index (χ0v) is 12.4. The molecule has 5 heteroatoms. The predicted molar refractivity (Wildman–Crippen MR) is 79.0 cm³/mol. The van der Waals surface area contributed by atoms with Crippen LogP contribution < -0.4 is 5.32 Å². The summed E-state index contributed by atoms with van der Waals surface area (Å²) in [5.41, 5.74) is 0.671. The predicted octanol–water partition coefficient (Wildman–Crippen LogP) is 2.78. The monoisotopic (exact) mass is 293 g/mol. The summed E-state index contributed by atoms with van der Waals surface area (Å²) in [5, 5.41) is 12.2. The van der Waals surface area contributed by atoms with Gasteiger partial charge in [0.15, 0.2) is 0 Å². The van der Waals surface area contributed by atoms with Crippen LogP contribution in [0, 0.1) is 5.92 Å². The number of carboxylic acids is 1. The van der Waals surface area contributed by atoms with Gasteiger partial charge in [-0.2, -0.15) is 0 Å². The van der Waals surface area contributed by atoms with Gasteiger partial charge in [0.25, 0.3) is 5.91 Å². The largest absolute Gasteiger partial charge is 0.481 e. The lowest BCUT2D eigenvalue weighted by Gasteiger charge is -2.33. The van der Waals surface area contributed by atoms with Crippen LogP contribution >= 0.6 is 11.8 Å². The minimum atomic E-state index is -0.772. The van der Waals surface area contributed by atoms with Crippen LogP contribution in [0.2, 0.25) is 0 Å². The van der Waals surface area contributed by atoms with E-state index in [1.165, 1.54) is 0 Å². The van der Waals surface area contributed by atoms with Crippen LogP contribution in [0.5, 0.6) is 0 Å². The van der Waals surface area contributed by atoms with Crippen molar-refractivity contribution in [3.8, 4) is 0 Å². The first-order valence-corrected chi connectivity index (χ1v) is 7.64. The van der Waals surface area contributed by atoms with Gasteiger partial charge in [0.05, 0.1) is 11.5 Å². The van der Waals surface area contributed by atoms with Crippen molar-refractivity contribution in [1.82, 2.24) is 5.32 Å². The number of carboxylic acid groups (broad SMARTS) is 1. The number of carbonyl (C=O) groups excluding carboxylic acids is 1. The van der Waals surface area contributed by atoms with Gasteiger partial charge in [-0.1, -0.05) is 26.0 Å². The van der Waals surface area contributed by atoms with E-state index in [0.717, 1.165) is 4.90 Å². The third-order valence-corrected chi connectivity index (χ3v) is 4.40. The molecule has 1 aromatic rings. The fraction of sp³-hybridized carbons (Fsp3) is 0.467. The first kappa shape index (κ1) is 14.9. The summed E-state index contributed by atoms with van der Waals surface area (Å²) in [6, 6.07) is 7.51. The van der Waals surface area contributed by atoms with Crippen molar-refractivity contribution in [2.45, 2.75) is 42.9 Å². The van der Waals surface area contributed by atoms with Crippen LogP contribution in [0.15, 0.2) is 29.2 Å². The molecule has 0 aromatic heterocycles. The molecule has 2 N–H and O–H groups in total. The summed E-state index contributed by atoms with van der Waals surface area (Å²) in [6.45, 7) is 4.17. The number of aliphatic carboxylic acids is 1. The third-order valence-electron chi connectivity index (χ3n) is 3.32. The maximum absolute atomic E-state index is 12.3. The third kappa shape index (κ3) is 3.54. The summed E-state index contributed by atoms with van der Waals surface area (Å²) in [6.07, 6.45) is 1.06. The van der Waals surface area contributed by atoms with E-state index in [-0.39, 0.29) is 17.9 Å². The van der Waals surface area contributed by atoms with Crippen LogP contribution in [-0.2, 0) is 4.79 Å². The maximum atomic E-state index is 12.3. The van der Waals surface area contributed by atoms with Crippen LogP contribution in [0.3, 0.4) is 0 Å². The Balaban J connectivity index is 1.98. The molecule has 4 nitrogen and oxygen atoms in total. The molecule has 2 rings (SSSR count). The van der Waals surface area contributed by atoms with Crippen molar-refractivity contribution in [1.29, 1.82) is 0 Å². The Morgan fingerprint density at radius 1 is 1.30 bits per heavy atom. The minimum Gasteiger partial charge on any atom is -0.481 e. The highest BCUT2D eigenvalue weighted by atomic mass is 32.2. The van der Waals surface area contributed by atoms with Crippen molar-refractivity contribution in [2.75, 3.05) is 0 Å². The molecule has 0 heterocycles. The zero-order chi connectivity index (χ0) is 14.7. The van der Waals surface area contributed by atoms with Crippen molar-refractivity contribution in [2.24, 2.45) is 5.92 Å². The normalized spacial score (nSPS) is 21.4. The number of thioether (sulfide) groups is 1. The van der Waals surface area contributed by atoms with Crippen LogP contribution in [0.1, 0.15) is 37.0 Å². The quantitative estimate of drug-likeness (QED) is 0.819. The summed E-state index contributed by atoms with van der Waals surface area (Å²) in [5.74, 6) is -1.19. The Bertz CT molecular complexity index is 510. The van der Waals surface area contributed by atoms with Crippen molar-refractivity contribution >= 4 is 23.6 Å². The smallest absolute Gasteiger partial charge is 0.306 e. The number of amides is 1. The van der Waals surface area contributed by atoms with E-state index in [1.54, 1.807) is 11.8 Å². The highest BCUT2D eigenvalue weighted by molar-refractivity contribution is 8.00. The second-order valence-corrected chi connectivity index (χ2v) is 6.96. The average Bonchev–Trinajstić information content (AvgIpc) is 2.32. The zero-order valence-electron chi connectivity index (χ0n) is 11.6. The number of hydrogen-bond acceptors (Lipinski definition) is 3. The van der Waals surface area contributed by atoms with Crippen LogP contribution in [0.4, 0.5) is 0 Å². The highest BCUT2D eigenvalue weighted by Gasteiger charge is 2.35. The molecule has 0 bridgehead atoms. The van der Waals surface area contributed by atoms with Gasteiger partial charge < -0.3 is 10.4 Å². The molecule has 20 heavy (non-hydrogen) atoms. The molecular weight excluding hydrogens is 274 g/mol. The van der Waals surface area contributed by atoms with Crippen molar-refractivity contribution < 1.29 is 14.7 Å². The SMILES string of the molecule is CC(C)Sc1ccccc1C(=O)NC1CC(C(=O)O)C1. The van der Waals surface area contributed by atoms with Crippen LogP contribution in [-0.4, -0.2) is 28.3 Å². The van der Waals surface area contributed by atoms with Gasteiger partial charge in [-0.3, -0.25) is 9.59 Å². The van der Waals surface area contributed by atoms with Gasteiger partial charge >= 0.3 is 5.97 Å². The van der Waals surface area contributed by atoms with Gasteiger partial charge in [0, 0.05) is 16.2 Å². The molecule has 0 saturated heterocycles. The number of rotatable bonds is 5. The maximum Gasteiger partial charge on any atom is 0.306 e. The number of carbonyl (C=O) groups is 2. The fourth-order valence-corrected chi connectivity index (χ4v) is 3.16. The second-order valence-electron chi connectivity index (χ2n) is 5.34. The molecule has 1 aromatic carbocycles. The molecule has 1 saturated carbocycles. The molecule has 0 radical (unpaired) electrons. The molecule has 0 atom stereocenters. The molecule has 1 aliphatic rings. The highest BCUT2D eigenvalue weighted by Crippen LogP contribution is 2.29. The standard InChI is InChI=1S/C15H19NO3S/c1-9(2)20-13-6-4-3-5-12(13)14(17)16-11-7-10(8-11)15(18)19/h3-6,9-11H,7-8H2,1-2H3,(H,16,17)(H,18,19). The van der Waals surface area contributed by atoms with E-state index >= 15 is 0 Å². The van der Waals surface area contributed by atoms with Crippen molar-refractivity contribution in [3.05, 3.63) is 29.8 Å². The van der Waals surface area contributed by atoms with Gasteiger partial charge in [-0.05, 0) is 25.0 Å². The summed E-state index contributed by atoms with van der Waals surface area (Å²) in [7, 11) is 0. The summed E-state index contributed by atoms with van der Waals surface area (Å²) in [4.78, 5) is 24.0. The van der Waals surface area contributed by atoms with Crippen molar-refractivity contribution in [3.63, 3.8) is 0 Å². The lowest BCUT2D eigenvalue weighted by atomic mass is 9.80. The first-order valence-electron chi connectivity index (χ1n) is 6.76. The van der Waals surface area contributed by atoms with E-state index in [9.17, 15) is 9.59 Å². The molecule has 1 amide bonds. The van der Waals surface area contributed by atoms with Gasteiger partial charge in [-0.15, -0.1) is 11.8 Å². The topological polar surface area (TPSA) is 66.4 Å². The molecule has 108 valence electrons. The molecular formula is C15H19NO3S. The number of benzene rings is 1. The van der Waals surface area contributed by atoms with Gasteiger partial charge in [-0.25, -0.2) is 0 Å². The second kappa shape index (κ2) is 6.31. The van der Waals surface area contributed by atoms with E-state index in [2.05, 4.69) is 19.2 Å². The Labute approximate surface area is 123 Å². The summed E-state index contributed by atoms with van der Waals surface area (Å²) < 4.78 is 0. The lowest BCUT2D eigenvalue weighted by Crippen LogP contribution is -2.46. The molecule has 0 aliphatic heterocycles. The summed E-state index contributed by atoms with van der Waals surface area (Å²) >= 11 is 1.66. The lowest BCUT2D eigenvalue weighted by molar-refractivity contribution is -0.145. The van der Waals surface area contributed by atoms with Gasteiger partial charge in [0.1, 0.15) is 0 Å². The Kier molecular flexibility index (Phi) is 4.70. The van der Waals surface area contributed by atoms with Crippen LogP contribution in [0.25, 0.3) is 0 Å². The van der Waals surface area contributed by atoms with E-state index in [0.29, 0.717) is 23.7 Å². The molecule has 1 aliphatic carbocycles. The average molecular weight is 293 g/mol. The Hall–Kier alpha value is -1.49. The number of hydrogen-bond donors (Lipinski definition) is 2. The van der Waals surface area contributed by atoms with E-state index in [1.807, 2.05) is 24.3 Å². The Morgan fingerprint density at radius 2 is 1.95 bits per heavy atom. The number of nitrogens with one attached hydrogen (secondary N) is 1. The fourth-order valence-electron chi connectivity index (χ4n) is 2.21. The minimum absolute atomic E-state index is 0.0132. The molecule has 1 fully saturated rings. The first-order chi connectivity index (χ1) is 9.47. The molecule has 0 spiro atoms.